The molecule has 0 radical (unpaired) electrons. The van der Waals surface area contributed by atoms with Gasteiger partial charge in [-0.15, -0.1) is 12.4 Å². The van der Waals surface area contributed by atoms with Crippen LogP contribution in [0.25, 0.3) is 33.9 Å². The summed E-state index contributed by atoms with van der Waals surface area (Å²) < 4.78 is 48.6. The van der Waals surface area contributed by atoms with E-state index < -0.39 is 12.3 Å². The zero-order chi connectivity index (χ0) is 19.9. The van der Waals surface area contributed by atoms with Crippen molar-refractivity contribution in [3.8, 4) is 28.6 Å². The van der Waals surface area contributed by atoms with E-state index in [1.54, 1.807) is 18.5 Å². The van der Waals surface area contributed by atoms with Gasteiger partial charge in [0.1, 0.15) is 5.75 Å². The normalized spacial score (nSPS) is 12.6. The van der Waals surface area contributed by atoms with Crippen LogP contribution in [0.2, 0.25) is 0 Å². The minimum atomic E-state index is -4.45. The molecule has 4 rings (SSSR count). The number of imidazole rings is 1. The number of hydrogen-bond donors (Lipinski definition) is 1. The summed E-state index contributed by atoms with van der Waals surface area (Å²) in [5, 5.41) is 3.97. The number of nitrogens with one attached hydrogen (secondary N) is 1. The van der Waals surface area contributed by atoms with Gasteiger partial charge in [-0.1, -0.05) is 5.16 Å². The van der Waals surface area contributed by atoms with Crippen LogP contribution in [0.4, 0.5) is 13.2 Å². The van der Waals surface area contributed by atoms with Crippen LogP contribution in [0.5, 0.6) is 5.75 Å². The van der Waals surface area contributed by atoms with Gasteiger partial charge in [0.05, 0.1) is 21.8 Å². The molecule has 6 nitrogen and oxygen atoms in total. The number of H-pyrrole nitrogens is 1. The molecule has 0 aliphatic carbocycles. The van der Waals surface area contributed by atoms with E-state index in [4.69, 9.17) is 9.26 Å². The van der Waals surface area contributed by atoms with Crippen molar-refractivity contribution >= 4 is 39.4 Å². The third-order valence-corrected chi connectivity index (χ3v) is 4.67. The first-order valence-corrected chi connectivity index (χ1v) is 8.91. The van der Waals surface area contributed by atoms with Gasteiger partial charge < -0.3 is 14.2 Å². The molecule has 0 fully saturated rings. The van der Waals surface area contributed by atoms with Crippen LogP contribution in [0.3, 0.4) is 0 Å². The quantitative estimate of drug-likeness (QED) is 0.392. The largest absolute Gasteiger partial charge is 0.480 e. The van der Waals surface area contributed by atoms with Gasteiger partial charge in [-0.05, 0) is 59.3 Å². The molecule has 0 saturated carbocycles. The van der Waals surface area contributed by atoms with Crippen molar-refractivity contribution in [2.24, 2.45) is 0 Å². The molecule has 1 unspecified atom stereocenters. The summed E-state index contributed by atoms with van der Waals surface area (Å²) in [6.07, 6.45) is -4.78. The third-order valence-electron chi connectivity index (χ3n) is 4.05. The number of aromatic nitrogens is 4. The molecule has 1 N–H and O–H groups in total. The highest BCUT2D eigenvalue weighted by atomic mass is 79.9. The number of hydrogen-bond acceptors (Lipinski definition) is 5. The molecule has 0 bridgehead atoms. The predicted molar refractivity (Wildman–Crippen MR) is 106 cm³/mol. The van der Waals surface area contributed by atoms with Crippen molar-refractivity contribution in [3.63, 3.8) is 0 Å². The van der Waals surface area contributed by atoms with Crippen LogP contribution in [0, 0.1) is 0 Å². The molecule has 0 aliphatic heterocycles. The zero-order valence-corrected chi connectivity index (χ0v) is 17.1. The lowest BCUT2D eigenvalue weighted by atomic mass is 10.2. The second-order valence-corrected chi connectivity index (χ2v) is 6.86. The molecule has 0 saturated heterocycles. The molecule has 1 atom stereocenters. The number of fused-ring (bicyclic) bond motifs is 1. The number of rotatable bonds is 4. The van der Waals surface area contributed by atoms with Crippen molar-refractivity contribution in [2.45, 2.75) is 19.2 Å². The zero-order valence-electron chi connectivity index (χ0n) is 14.7. The second kappa shape index (κ2) is 8.03. The highest BCUT2D eigenvalue weighted by Gasteiger charge is 2.38. The number of halogens is 5. The fraction of sp³-hybridized carbons (Fsp3) is 0.167. The van der Waals surface area contributed by atoms with Gasteiger partial charge in [0.25, 0.3) is 5.89 Å². The van der Waals surface area contributed by atoms with E-state index in [0.717, 1.165) is 23.5 Å². The SMILES string of the molecule is CC(Oc1ccc(-c2nc(-c3ccc4nc[nH]c4c3)no2)cc1Br)C(F)(F)F.Cl. The second-order valence-electron chi connectivity index (χ2n) is 6.00. The summed E-state index contributed by atoms with van der Waals surface area (Å²) in [4.78, 5) is 11.5. The number of alkyl halides is 3. The van der Waals surface area contributed by atoms with Crippen LogP contribution < -0.4 is 4.74 Å². The Morgan fingerprint density at radius 3 is 2.62 bits per heavy atom. The molecule has 11 heteroatoms. The predicted octanol–water partition coefficient (Wildman–Crippen LogP) is 5.79. The maximum atomic E-state index is 12.7. The molecule has 0 aliphatic rings. The van der Waals surface area contributed by atoms with Crippen molar-refractivity contribution in [1.29, 1.82) is 0 Å². The van der Waals surface area contributed by atoms with Crippen LogP contribution in [-0.4, -0.2) is 32.4 Å². The molecule has 0 amide bonds. The van der Waals surface area contributed by atoms with Gasteiger partial charge in [-0.3, -0.25) is 0 Å². The summed E-state index contributed by atoms with van der Waals surface area (Å²) in [6.45, 7) is 0.946. The minimum absolute atomic E-state index is 0. The molecule has 2 aromatic carbocycles. The molecule has 4 aromatic rings. The summed E-state index contributed by atoms with van der Waals surface area (Å²) in [7, 11) is 0. The molecule has 152 valence electrons. The van der Waals surface area contributed by atoms with E-state index in [2.05, 4.69) is 36.0 Å². The average Bonchev–Trinajstić information content (AvgIpc) is 3.31. The Morgan fingerprint density at radius 2 is 1.90 bits per heavy atom. The molecular weight excluding hydrogens is 477 g/mol. The van der Waals surface area contributed by atoms with Crippen molar-refractivity contribution in [1.82, 2.24) is 20.1 Å². The van der Waals surface area contributed by atoms with E-state index in [1.807, 2.05) is 18.2 Å². The van der Waals surface area contributed by atoms with E-state index in [1.165, 1.54) is 6.07 Å². The fourth-order valence-corrected chi connectivity index (χ4v) is 2.99. The van der Waals surface area contributed by atoms with Gasteiger partial charge in [0.2, 0.25) is 5.82 Å². The number of benzene rings is 2. The Hall–Kier alpha value is -2.59. The van der Waals surface area contributed by atoms with Crippen LogP contribution in [0.1, 0.15) is 6.92 Å². The Bertz CT molecular complexity index is 1150. The molecule has 2 aromatic heterocycles. The average molecular weight is 490 g/mol. The Kier molecular flexibility index (Phi) is 5.85. The lowest BCUT2D eigenvalue weighted by molar-refractivity contribution is -0.189. The highest BCUT2D eigenvalue weighted by molar-refractivity contribution is 9.10. The third kappa shape index (κ3) is 4.38. The summed E-state index contributed by atoms with van der Waals surface area (Å²) in [6, 6.07) is 10.0. The monoisotopic (exact) mass is 488 g/mol. The lowest BCUT2D eigenvalue weighted by Crippen LogP contribution is -2.31. The van der Waals surface area contributed by atoms with Crippen LogP contribution in [0.15, 0.2) is 51.7 Å². The first-order chi connectivity index (χ1) is 13.3. The standard InChI is InChI=1S/C18H12BrF3N4O2.ClH/c1-9(18(20,21)22)27-15-5-3-11(6-12(15)19)17-25-16(26-28-17)10-2-4-13-14(7-10)24-8-23-13;/h2-9H,1H3,(H,23,24);1H. The Morgan fingerprint density at radius 1 is 1.14 bits per heavy atom. The van der Waals surface area contributed by atoms with Gasteiger partial charge in [-0.2, -0.15) is 18.2 Å². The fourth-order valence-electron chi connectivity index (χ4n) is 2.52. The van der Waals surface area contributed by atoms with Crippen LogP contribution in [-0.2, 0) is 0 Å². The Labute approximate surface area is 177 Å². The first-order valence-electron chi connectivity index (χ1n) is 8.12. The number of aromatic amines is 1. The van der Waals surface area contributed by atoms with Crippen molar-refractivity contribution in [3.05, 3.63) is 47.2 Å². The van der Waals surface area contributed by atoms with Gasteiger partial charge in [-0.25, -0.2) is 4.98 Å². The summed E-state index contributed by atoms with van der Waals surface area (Å²) in [5.41, 5.74) is 2.94. The number of ether oxygens (including phenoxy) is 1. The highest BCUT2D eigenvalue weighted by Crippen LogP contribution is 2.34. The van der Waals surface area contributed by atoms with E-state index in [-0.39, 0.29) is 24.0 Å². The Balaban J connectivity index is 0.00000240. The van der Waals surface area contributed by atoms with Crippen molar-refractivity contribution < 1.29 is 22.4 Å². The van der Waals surface area contributed by atoms with E-state index >= 15 is 0 Å². The van der Waals surface area contributed by atoms with E-state index in [9.17, 15) is 13.2 Å². The van der Waals surface area contributed by atoms with E-state index in [0.29, 0.717) is 15.9 Å². The van der Waals surface area contributed by atoms with Crippen molar-refractivity contribution in [2.75, 3.05) is 0 Å². The minimum Gasteiger partial charge on any atom is -0.480 e. The maximum absolute atomic E-state index is 12.7. The number of nitrogens with zero attached hydrogens (tertiary/aromatic N) is 3. The summed E-state index contributed by atoms with van der Waals surface area (Å²) >= 11 is 3.22. The molecule has 29 heavy (non-hydrogen) atoms. The van der Waals surface area contributed by atoms with Gasteiger partial charge >= 0.3 is 6.18 Å². The maximum Gasteiger partial charge on any atom is 0.425 e. The summed E-state index contributed by atoms with van der Waals surface area (Å²) in [5.74, 6) is 0.683. The topological polar surface area (TPSA) is 76.8 Å². The van der Waals surface area contributed by atoms with Gasteiger partial charge in [0, 0.05) is 11.1 Å². The first kappa shape index (κ1) is 21.1. The molecular formula is C18H13BrClF3N4O2. The molecule has 0 spiro atoms. The molecule has 2 heterocycles. The smallest absolute Gasteiger partial charge is 0.425 e. The lowest BCUT2D eigenvalue weighted by Gasteiger charge is -2.18. The van der Waals surface area contributed by atoms with Crippen LogP contribution >= 0.6 is 28.3 Å². The van der Waals surface area contributed by atoms with Gasteiger partial charge in [0.15, 0.2) is 6.10 Å².